The maximum absolute atomic E-state index is 12.3. The average Bonchev–Trinajstić information content (AvgIpc) is 3.47. The number of hydrogen-bond acceptors (Lipinski definition) is 4. The Kier molecular flexibility index (Phi) is 6.25. The molecule has 1 aliphatic rings. The fraction of sp³-hybridized carbons (Fsp3) is 0.250. The highest BCUT2D eigenvalue weighted by Crippen LogP contribution is 2.26. The molecular formula is C24H25N3O3. The second-order valence-corrected chi connectivity index (χ2v) is 7.16. The normalized spacial score (nSPS) is 16.1. The molecule has 3 aromatic rings. The van der Waals surface area contributed by atoms with E-state index in [0.717, 1.165) is 47.7 Å². The Morgan fingerprint density at radius 3 is 2.73 bits per heavy atom. The van der Waals surface area contributed by atoms with Crippen molar-refractivity contribution in [3.63, 3.8) is 0 Å². The van der Waals surface area contributed by atoms with Gasteiger partial charge in [0.1, 0.15) is 5.75 Å². The van der Waals surface area contributed by atoms with E-state index in [2.05, 4.69) is 5.32 Å². The zero-order valence-electron chi connectivity index (χ0n) is 17.0. The van der Waals surface area contributed by atoms with Crippen LogP contribution in [-0.2, 0) is 9.53 Å². The van der Waals surface area contributed by atoms with Crippen LogP contribution in [0.15, 0.2) is 66.9 Å². The molecule has 1 amide bonds. The fourth-order valence-corrected chi connectivity index (χ4v) is 3.44. The van der Waals surface area contributed by atoms with Crippen molar-refractivity contribution in [1.29, 1.82) is 0 Å². The van der Waals surface area contributed by atoms with Crippen molar-refractivity contribution in [2.75, 3.05) is 20.3 Å². The average molecular weight is 403 g/mol. The van der Waals surface area contributed by atoms with Crippen molar-refractivity contribution < 1.29 is 14.3 Å². The lowest BCUT2D eigenvalue weighted by Gasteiger charge is -2.08. The number of nitrogens with zero attached hydrogens (tertiary/aromatic N) is 2. The van der Waals surface area contributed by atoms with Gasteiger partial charge in [-0.2, -0.15) is 5.10 Å². The summed E-state index contributed by atoms with van der Waals surface area (Å²) in [6.45, 7) is 1.32. The number of carbonyl (C=O) groups is 1. The molecule has 4 rings (SSSR count). The maximum atomic E-state index is 12.3. The summed E-state index contributed by atoms with van der Waals surface area (Å²) in [5, 5.41) is 7.68. The highest BCUT2D eigenvalue weighted by molar-refractivity contribution is 5.92. The van der Waals surface area contributed by atoms with Crippen LogP contribution in [0.2, 0.25) is 0 Å². The van der Waals surface area contributed by atoms with Crippen LogP contribution in [0.1, 0.15) is 18.4 Å². The van der Waals surface area contributed by atoms with Crippen molar-refractivity contribution in [2.24, 2.45) is 0 Å². The zero-order valence-corrected chi connectivity index (χ0v) is 17.0. The number of amides is 1. The van der Waals surface area contributed by atoms with E-state index >= 15 is 0 Å². The van der Waals surface area contributed by atoms with Gasteiger partial charge in [-0.15, -0.1) is 0 Å². The first-order chi connectivity index (χ1) is 14.7. The summed E-state index contributed by atoms with van der Waals surface area (Å²) < 4.78 is 12.6. The molecule has 1 atom stereocenters. The Morgan fingerprint density at radius 1 is 1.23 bits per heavy atom. The molecule has 30 heavy (non-hydrogen) atoms. The van der Waals surface area contributed by atoms with Gasteiger partial charge in [-0.05, 0) is 55.3 Å². The van der Waals surface area contributed by atoms with E-state index in [4.69, 9.17) is 14.6 Å². The minimum absolute atomic E-state index is 0.123. The third-order valence-corrected chi connectivity index (χ3v) is 5.07. The van der Waals surface area contributed by atoms with E-state index in [-0.39, 0.29) is 12.0 Å². The SMILES string of the molecule is COc1ccc(-c2nn(-c3ccccc3)cc2C=CC(=O)NCC2CCCO2)cc1. The first kappa shape index (κ1) is 19.9. The Balaban J connectivity index is 1.57. The number of nitrogens with one attached hydrogen (secondary N) is 1. The second kappa shape index (κ2) is 9.41. The summed E-state index contributed by atoms with van der Waals surface area (Å²) in [6, 6.07) is 17.6. The number of rotatable bonds is 7. The molecule has 0 spiro atoms. The molecule has 6 heteroatoms. The van der Waals surface area contributed by atoms with Crippen LogP contribution in [0.25, 0.3) is 23.0 Å². The molecule has 0 aliphatic carbocycles. The van der Waals surface area contributed by atoms with Crippen LogP contribution in [0.5, 0.6) is 5.75 Å². The highest BCUT2D eigenvalue weighted by atomic mass is 16.5. The lowest BCUT2D eigenvalue weighted by molar-refractivity contribution is -0.116. The summed E-state index contributed by atoms with van der Waals surface area (Å²) in [5.41, 5.74) is 3.56. The Hall–Kier alpha value is -3.38. The zero-order chi connectivity index (χ0) is 20.8. The van der Waals surface area contributed by atoms with E-state index < -0.39 is 0 Å². The maximum Gasteiger partial charge on any atom is 0.244 e. The molecule has 0 radical (unpaired) electrons. The lowest BCUT2D eigenvalue weighted by atomic mass is 10.1. The fourth-order valence-electron chi connectivity index (χ4n) is 3.44. The molecule has 0 bridgehead atoms. The predicted molar refractivity (Wildman–Crippen MR) is 117 cm³/mol. The summed E-state index contributed by atoms with van der Waals surface area (Å²) in [4.78, 5) is 12.3. The van der Waals surface area contributed by atoms with Crippen LogP contribution in [0.3, 0.4) is 0 Å². The van der Waals surface area contributed by atoms with Crippen molar-refractivity contribution in [3.05, 3.63) is 72.4 Å². The summed E-state index contributed by atoms with van der Waals surface area (Å²) >= 11 is 0. The third-order valence-electron chi connectivity index (χ3n) is 5.07. The van der Waals surface area contributed by atoms with E-state index in [1.54, 1.807) is 19.3 Å². The molecule has 6 nitrogen and oxygen atoms in total. The number of benzene rings is 2. The first-order valence-electron chi connectivity index (χ1n) is 10.1. The number of ether oxygens (including phenoxy) is 2. The van der Waals surface area contributed by atoms with Gasteiger partial charge in [0.25, 0.3) is 0 Å². The lowest BCUT2D eigenvalue weighted by Crippen LogP contribution is -2.30. The molecule has 2 aromatic carbocycles. The molecule has 1 saturated heterocycles. The second-order valence-electron chi connectivity index (χ2n) is 7.16. The van der Waals surface area contributed by atoms with Crippen molar-refractivity contribution in [3.8, 4) is 22.7 Å². The largest absolute Gasteiger partial charge is 0.497 e. The van der Waals surface area contributed by atoms with Gasteiger partial charge in [-0.1, -0.05) is 18.2 Å². The number of carbonyl (C=O) groups excluding carboxylic acids is 1. The van der Waals surface area contributed by atoms with Gasteiger partial charge in [0.2, 0.25) is 5.91 Å². The molecular weight excluding hydrogens is 378 g/mol. The number of hydrogen-bond donors (Lipinski definition) is 1. The number of para-hydroxylation sites is 1. The van der Waals surface area contributed by atoms with Gasteiger partial charge in [-0.25, -0.2) is 4.68 Å². The van der Waals surface area contributed by atoms with Gasteiger partial charge in [0.15, 0.2) is 0 Å². The Morgan fingerprint density at radius 2 is 2.03 bits per heavy atom. The van der Waals surface area contributed by atoms with E-state index in [0.29, 0.717) is 6.54 Å². The molecule has 1 unspecified atom stereocenters. The van der Waals surface area contributed by atoms with E-state index in [1.807, 2.05) is 65.5 Å². The van der Waals surface area contributed by atoms with Crippen LogP contribution in [0, 0.1) is 0 Å². The Labute approximate surface area is 176 Å². The summed E-state index contributed by atoms with van der Waals surface area (Å²) in [5.74, 6) is 0.644. The quantitative estimate of drug-likeness (QED) is 0.609. The summed E-state index contributed by atoms with van der Waals surface area (Å²) in [6.07, 6.45) is 7.46. The van der Waals surface area contributed by atoms with Crippen LogP contribution >= 0.6 is 0 Å². The Bertz CT molecular complexity index is 1000. The van der Waals surface area contributed by atoms with E-state index in [1.165, 1.54) is 0 Å². The first-order valence-corrected chi connectivity index (χ1v) is 10.1. The van der Waals surface area contributed by atoms with Gasteiger partial charge in [0.05, 0.1) is 24.6 Å². The monoisotopic (exact) mass is 403 g/mol. The van der Waals surface area contributed by atoms with Gasteiger partial charge in [-0.3, -0.25) is 4.79 Å². The molecule has 1 aromatic heterocycles. The van der Waals surface area contributed by atoms with Gasteiger partial charge >= 0.3 is 0 Å². The van der Waals surface area contributed by atoms with Crippen LogP contribution < -0.4 is 10.1 Å². The smallest absolute Gasteiger partial charge is 0.244 e. The molecule has 1 aliphatic heterocycles. The minimum Gasteiger partial charge on any atom is -0.497 e. The van der Waals surface area contributed by atoms with E-state index in [9.17, 15) is 4.79 Å². The number of aromatic nitrogens is 2. The standard InChI is InChI=1S/C24H25N3O3/c1-29-21-12-9-18(10-13-21)24-19(17-27(26-24)20-6-3-2-4-7-20)11-14-23(28)25-16-22-8-5-15-30-22/h2-4,6-7,9-14,17,22H,5,8,15-16H2,1H3,(H,25,28). The summed E-state index contributed by atoms with van der Waals surface area (Å²) in [7, 11) is 1.64. The van der Waals surface area contributed by atoms with Gasteiger partial charge in [0, 0.05) is 36.6 Å². The molecule has 0 saturated carbocycles. The van der Waals surface area contributed by atoms with Gasteiger partial charge < -0.3 is 14.8 Å². The predicted octanol–water partition coefficient (Wildman–Crippen LogP) is 3.86. The molecule has 2 heterocycles. The van der Waals surface area contributed by atoms with Crippen LogP contribution in [0.4, 0.5) is 0 Å². The third kappa shape index (κ3) is 4.78. The minimum atomic E-state index is -0.140. The number of methoxy groups -OCH3 is 1. The van der Waals surface area contributed by atoms with Crippen molar-refractivity contribution in [1.82, 2.24) is 15.1 Å². The van der Waals surface area contributed by atoms with Crippen molar-refractivity contribution in [2.45, 2.75) is 18.9 Å². The topological polar surface area (TPSA) is 65.4 Å². The highest BCUT2D eigenvalue weighted by Gasteiger charge is 2.16. The van der Waals surface area contributed by atoms with Crippen molar-refractivity contribution >= 4 is 12.0 Å². The molecule has 1 fully saturated rings. The van der Waals surface area contributed by atoms with Crippen LogP contribution in [-0.4, -0.2) is 42.1 Å². The molecule has 154 valence electrons. The molecule has 1 N–H and O–H groups in total.